The molecule has 3 rings (SSSR count). The van der Waals surface area contributed by atoms with E-state index in [1.54, 1.807) is 0 Å². The Kier molecular flexibility index (Phi) is 10.3. The van der Waals surface area contributed by atoms with E-state index in [0.717, 1.165) is 69.5 Å². The van der Waals surface area contributed by atoms with Crippen molar-refractivity contribution in [3.63, 3.8) is 0 Å². The SMILES string of the molecule is CN=C(NCc1cccc(Br)c1)NCC(C1CCOC1)N1CCOCC1.I. The van der Waals surface area contributed by atoms with E-state index in [4.69, 9.17) is 9.47 Å². The van der Waals surface area contributed by atoms with Crippen LogP contribution in [0.15, 0.2) is 33.7 Å². The van der Waals surface area contributed by atoms with Gasteiger partial charge >= 0.3 is 0 Å². The van der Waals surface area contributed by atoms with E-state index < -0.39 is 0 Å². The smallest absolute Gasteiger partial charge is 0.191 e. The highest BCUT2D eigenvalue weighted by atomic mass is 127. The van der Waals surface area contributed by atoms with Crippen LogP contribution >= 0.6 is 39.9 Å². The van der Waals surface area contributed by atoms with Crippen molar-refractivity contribution in [3.8, 4) is 0 Å². The Morgan fingerprint density at radius 2 is 2.07 bits per heavy atom. The van der Waals surface area contributed by atoms with Crippen LogP contribution in [0.4, 0.5) is 0 Å². The summed E-state index contributed by atoms with van der Waals surface area (Å²) in [5.41, 5.74) is 1.22. The lowest BCUT2D eigenvalue weighted by atomic mass is 9.97. The van der Waals surface area contributed by atoms with E-state index in [0.29, 0.717) is 12.0 Å². The van der Waals surface area contributed by atoms with Crippen molar-refractivity contribution >= 4 is 45.9 Å². The molecule has 1 aromatic rings. The molecule has 2 saturated heterocycles. The van der Waals surface area contributed by atoms with E-state index in [1.807, 2.05) is 19.2 Å². The molecule has 0 amide bonds. The zero-order chi connectivity index (χ0) is 18.2. The van der Waals surface area contributed by atoms with E-state index in [1.165, 1.54) is 5.56 Å². The maximum atomic E-state index is 5.64. The molecule has 2 heterocycles. The van der Waals surface area contributed by atoms with Crippen LogP contribution in [0.5, 0.6) is 0 Å². The number of guanidine groups is 1. The summed E-state index contributed by atoms with van der Waals surface area (Å²) in [6.45, 7) is 6.97. The lowest BCUT2D eigenvalue weighted by Crippen LogP contribution is -2.53. The molecule has 0 bridgehead atoms. The summed E-state index contributed by atoms with van der Waals surface area (Å²) >= 11 is 3.52. The Labute approximate surface area is 187 Å². The van der Waals surface area contributed by atoms with Crippen molar-refractivity contribution in [1.29, 1.82) is 0 Å². The molecule has 8 heteroatoms. The lowest BCUT2D eigenvalue weighted by molar-refractivity contribution is 0.00246. The molecule has 0 saturated carbocycles. The van der Waals surface area contributed by atoms with Gasteiger partial charge < -0.3 is 20.1 Å². The number of hydrogen-bond donors (Lipinski definition) is 2. The summed E-state index contributed by atoms with van der Waals surface area (Å²) in [6.07, 6.45) is 1.13. The molecule has 0 aliphatic carbocycles. The van der Waals surface area contributed by atoms with Crippen LogP contribution in [0.1, 0.15) is 12.0 Å². The highest BCUT2D eigenvalue weighted by Gasteiger charge is 2.31. The molecular formula is C19H30BrIN4O2. The van der Waals surface area contributed by atoms with E-state index in [2.05, 4.69) is 48.6 Å². The van der Waals surface area contributed by atoms with Crippen molar-refractivity contribution in [1.82, 2.24) is 15.5 Å². The van der Waals surface area contributed by atoms with Crippen LogP contribution in [0.25, 0.3) is 0 Å². The third-order valence-electron chi connectivity index (χ3n) is 5.07. The third kappa shape index (κ3) is 7.16. The fraction of sp³-hybridized carbons (Fsp3) is 0.632. The van der Waals surface area contributed by atoms with Crippen molar-refractivity contribution in [2.75, 3.05) is 53.1 Å². The van der Waals surface area contributed by atoms with Gasteiger partial charge in [0.15, 0.2) is 5.96 Å². The lowest BCUT2D eigenvalue weighted by Gasteiger charge is -2.37. The van der Waals surface area contributed by atoms with Crippen LogP contribution in [0, 0.1) is 5.92 Å². The second kappa shape index (κ2) is 12.2. The first-order valence-electron chi connectivity index (χ1n) is 9.35. The maximum Gasteiger partial charge on any atom is 0.191 e. The highest BCUT2D eigenvalue weighted by Crippen LogP contribution is 2.21. The number of morpholine rings is 1. The minimum Gasteiger partial charge on any atom is -0.381 e. The van der Waals surface area contributed by atoms with Gasteiger partial charge in [0, 0.05) is 56.3 Å². The number of aliphatic imine (C=N–C) groups is 1. The number of benzene rings is 1. The Morgan fingerprint density at radius 3 is 2.74 bits per heavy atom. The van der Waals surface area contributed by atoms with Gasteiger partial charge in [-0.25, -0.2) is 0 Å². The zero-order valence-electron chi connectivity index (χ0n) is 15.8. The predicted molar refractivity (Wildman–Crippen MR) is 123 cm³/mol. The zero-order valence-corrected chi connectivity index (χ0v) is 19.7. The number of nitrogens with zero attached hydrogens (tertiary/aromatic N) is 2. The molecule has 2 N–H and O–H groups in total. The third-order valence-corrected chi connectivity index (χ3v) is 5.57. The average Bonchev–Trinajstić information content (AvgIpc) is 3.20. The van der Waals surface area contributed by atoms with Crippen molar-refractivity contribution in [3.05, 3.63) is 34.3 Å². The largest absolute Gasteiger partial charge is 0.381 e. The van der Waals surface area contributed by atoms with Crippen molar-refractivity contribution in [2.45, 2.75) is 19.0 Å². The normalized spacial score (nSPS) is 22.1. The first kappa shape index (κ1) is 22.9. The van der Waals surface area contributed by atoms with Gasteiger partial charge in [-0.15, -0.1) is 24.0 Å². The molecular weight excluding hydrogens is 523 g/mol. The summed E-state index contributed by atoms with van der Waals surface area (Å²) in [5.74, 6) is 1.41. The molecule has 6 nitrogen and oxygen atoms in total. The predicted octanol–water partition coefficient (Wildman–Crippen LogP) is 2.47. The standard InChI is InChI=1S/C19H29BrN4O2.HI/c1-21-19(22-12-15-3-2-4-17(20)11-15)23-13-18(16-5-8-26-14-16)24-6-9-25-10-7-24;/h2-4,11,16,18H,5-10,12-14H2,1H3,(H2,21,22,23);1H. The summed E-state index contributed by atoms with van der Waals surface area (Å²) < 4.78 is 12.3. The van der Waals surface area contributed by atoms with Crippen molar-refractivity contribution < 1.29 is 9.47 Å². The molecule has 2 aliphatic rings. The molecule has 0 spiro atoms. The molecule has 0 aromatic heterocycles. The maximum absolute atomic E-state index is 5.64. The van der Waals surface area contributed by atoms with Gasteiger partial charge in [-0.3, -0.25) is 9.89 Å². The first-order chi connectivity index (χ1) is 12.8. The molecule has 1 aromatic carbocycles. The number of halogens is 2. The fourth-order valence-electron chi connectivity index (χ4n) is 3.61. The molecule has 2 atom stereocenters. The summed E-state index contributed by atoms with van der Waals surface area (Å²) in [4.78, 5) is 6.92. The summed E-state index contributed by atoms with van der Waals surface area (Å²) in [5, 5.41) is 6.92. The van der Waals surface area contributed by atoms with Crippen molar-refractivity contribution in [2.24, 2.45) is 10.9 Å². The van der Waals surface area contributed by atoms with E-state index in [9.17, 15) is 0 Å². The number of rotatable bonds is 6. The van der Waals surface area contributed by atoms with Crippen LogP contribution < -0.4 is 10.6 Å². The molecule has 2 unspecified atom stereocenters. The minimum atomic E-state index is 0. The van der Waals surface area contributed by atoms with Crippen LogP contribution in [0.2, 0.25) is 0 Å². The topological polar surface area (TPSA) is 58.1 Å². The highest BCUT2D eigenvalue weighted by molar-refractivity contribution is 14.0. The Balaban J connectivity index is 0.00000261. The Hall–Kier alpha value is -0.420. The summed E-state index contributed by atoms with van der Waals surface area (Å²) in [7, 11) is 1.82. The second-order valence-electron chi connectivity index (χ2n) is 6.78. The first-order valence-corrected chi connectivity index (χ1v) is 10.1. The van der Waals surface area contributed by atoms with Gasteiger partial charge in [0.1, 0.15) is 0 Å². The second-order valence-corrected chi connectivity index (χ2v) is 7.69. The van der Waals surface area contributed by atoms with Gasteiger partial charge in [0.2, 0.25) is 0 Å². The molecule has 2 aliphatic heterocycles. The van der Waals surface area contributed by atoms with Crippen LogP contribution in [0.3, 0.4) is 0 Å². The molecule has 0 radical (unpaired) electrons. The van der Waals surface area contributed by atoms with Gasteiger partial charge in [-0.1, -0.05) is 28.1 Å². The van der Waals surface area contributed by atoms with Gasteiger partial charge in [-0.2, -0.15) is 0 Å². The fourth-order valence-corrected chi connectivity index (χ4v) is 4.06. The monoisotopic (exact) mass is 552 g/mol. The molecule has 152 valence electrons. The molecule has 2 fully saturated rings. The van der Waals surface area contributed by atoms with E-state index in [-0.39, 0.29) is 24.0 Å². The van der Waals surface area contributed by atoms with Gasteiger partial charge in [0.05, 0.1) is 19.8 Å². The number of ether oxygens (including phenoxy) is 2. The van der Waals surface area contributed by atoms with Gasteiger partial charge in [0.25, 0.3) is 0 Å². The Morgan fingerprint density at radius 1 is 1.26 bits per heavy atom. The Bertz CT molecular complexity index is 593. The number of nitrogens with one attached hydrogen (secondary N) is 2. The molecule has 27 heavy (non-hydrogen) atoms. The van der Waals surface area contributed by atoms with Crippen LogP contribution in [-0.2, 0) is 16.0 Å². The summed E-state index contributed by atoms with van der Waals surface area (Å²) in [6, 6.07) is 8.76. The minimum absolute atomic E-state index is 0. The van der Waals surface area contributed by atoms with Crippen LogP contribution in [-0.4, -0.2) is 70.0 Å². The number of hydrogen-bond acceptors (Lipinski definition) is 4. The quantitative estimate of drug-likeness (QED) is 0.322. The van der Waals surface area contributed by atoms with E-state index >= 15 is 0 Å². The van der Waals surface area contributed by atoms with Gasteiger partial charge in [-0.05, 0) is 24.1 Å². The average molecular weight is 553 g/mol.